The van der Waals surface area contributed by atoms with Crippen molar-refractivity contribution >= 4 is 0 Å². The average molecular weight is 251 g/mol. The second kappa shape index (κ2) is 6.66. The molecule has 1 aromatic rings. The molecule has 0 saturated carbocycles. The molecule has 0 amide bonds. The Bertz CT molecular complexity index is 367. The van der Waals surface area contributed by atoms with Crippen LogP contribution in [0.15, 0.2) is 12.4 Å². The number of hydrogen-bond acceptors (Lipinski definition) is 5. The van der Waals surface area contributed by atoms with Gasteiger partial charge in [-0.2, -0.15) is 0 Å². The topological polar surface area (TPSA) is 56.3 Å². The molecule has 5 nitrogen and oxygen atoms in total. The molecule has 0 radical (unpaired) electrons. The van der Waals surface area contributed by atoms with Gasteiger partial charge in [-0.25, -0.2) is 4.98 Å². The molecule has 1 N–H and O–H groups in total. The number of nitrogens with zero attached hydrogens (tertiary/aromatic N) is 2. The summed E-state index contributed by atoms with van der Waals surface area (Å²) < 4.78 is 11.1. The smallest absolute Gasteiger partial charge is 0.237 e. The predicted octanol–water partition coefficient (Wildman–Crippen LogP) is 1.70. The molecule has 2 atom stereocenters. The molecular weight excluding hydrogens is 230 g/mol. The number of aromatic nitrogens is 2. The normalized spacial score (nSPS) is 20.9. The number of hydrogen-bond donors (Lipinski definition) is 1. The molecule has 100 valence electrons. The van der Waals surface area contributed by atoms with Crippen molar-refractivity contribution < 1.29 is 9.47 Å². The minimum atomic E-state index is 0.0658. The van der Waals surface area contributed by atoms with Gasteiger partial charge in [-0.15, -0.1) is 0 Å². The lowest BCUT2D eigenvalue weighted by atomic mass is 10.0. The van der Waals surface area contributed by atoms with Crippen LogP contribution in [0.3, 0.4) is 0 Å². The van der Waals surface area contributed by atoms with Gasteiger partial charge in [0.05, 0.1) is 19.3 Å². The zero-order valence-electron chi connectivity index (χ0n) is 11.1. The minimum absolute atomic E-state index is 0.0658. The Hall–Kier alpha value is -1.20. The molecule has 0 aliphatic carbocycles. The van der Waals surface area contributed by atoms with E-state index in [0.717, 1.165) is 38.1 Å². The quantitative estimate of drug-likeness (QED) is 0.834. The molecular formula is C13H21N3O2. The summed E-state index contributed by atoms with van der Waals surface area (Å²) in [5, 5.41) is 3.49. The van der Waals surface area contributed by atoms with Gasteiger partial charge < -0.3 is 14.8 Å². The van der Waals surface area contributed by atoms with Crippen molar-refractivity contribution in [1.29, 1.82) is 0 Å². The number of methoxy groups -OCH3 is 1. The first kappa shape index (κ1) is 13.2. The van der Waals surface area contributed by atoms with Gasteiger partial charge in [0.15, 0.2) is 0 Å². The van der Waals surface area contributed by atoms with Crippen molar-refractivity contribution in [3.8, 4) is 5.88 Å². The van der Waals surface area contributed by atoms with Crippen molar-refractivity contribution in [2.45, 2.75) is 38.3 Å². The van der Waals surface area contributed by atoms with Crippen molar-refractivity contribution in [2.24, 2.45) is 0 Å². The van der Waals surface area contributed by atoms with Gasteiger partial charge in [-0.05, 0) is 25.8 Å². The molecule has 0 spiro atoms. The summed E-state index contributed by atoms with van der Waals surface area (Å²) in [4.78, 5) is 8.63. The molecule has 1 aliphatic rings. The third-order valence-corrected chi connectivity index (χ3v) is 3.13. The van der Waals surface area contributed by atoms with Crippen molar-refractivity contribution in [2.75, 3.05) is 20.3 Å². The highest BCUT2D eigenvalue weighted by atomic mass is 16.5. The lowest BCUT2D eigenvalue weighted by molar-refractivity contribution is 0.0758. The molecule has 1 aromatic heterocycles. The maximum atomic E-state index is 5.78. The van der Waals surface area contributed by atoms with Crippen molar-refractivity contribution in [1.82, 2.24) is 15.3 Å². The highest BCUT2D eigenvalue weighted by Crippen LogP contribution is 2.29. The third kappa shape index (κ3) is 2.97. The Labute approximate surface area is 108 Å². The zero-order valence-corrected chi connectivity index (χ0v) is 11.1. The molecule has 2 heterocycles. The van der Waals surface area contributed by atoms with Gasteiger partial charge in [-0.3, -0.25) is 4.98 Å². The number of ether oxygens (including phenoxy) is 2. The molecule has 0 aromatic carbocycles. The summed E-state index contributed by atoms with van der Waals surface area (Å²) in [5.74, 6) is 0.585. The first-order valence-corrected chi connectivity index (χ1v) is 6.56. The van der Waals surface area contributed by atoms with Crippen LogP contribution >= 0.6 is 0 Å². The van der Waals surface area contributed by atoms with E-state index >= 15 is 0 Å². The highest BCUT2D eigenvalue weighted by Gasteiger charge is 2.30. The minimum Gasteiger partial charge on any atom is -0.480 e. The molecule has 2 unspecified atom stereocenters. The third-order valence-electron chi connectivity index (χ3n) is 3.13. The summed E-state index contributed by atoms with van der Waals surface area (Å²) in [6.45, 7) is 3.91. The van der Waals surface area contributed by atoms with Crippen LogP contribution in [-0.4, -0.2) is 36.3 Å². The van der Waals surface area contributed by atoms with Gasteiger partial charge in [0.2, 0.25) is 5.88 Å². The van der Waals surface area contributed by atoms with E-state index in [1.54, 1.807) is 19.5 Å². The molecule has 5 heteroatoms. The fourth-order valence-corrected chi connectivity index (χ4v) is 2.28. The standard InChI is InChI=1S/C13H21N3O2/c1-3-6-14-11(10-5-4-9-18-10)12-13(17-2)16-8-7-15-12/h7-8,10-11,14H,3-6,9H2,1-2H3. The predicted molar refractivity (Wildman–Crippen MR) is 68.6 cm³/mol. The molecule has 1 aliphatic heterocycles. The fraction of sp³-hybridized carbons (Fsp3) is 0.692. The molecule has 18 heavy (non-hydrogen) atoms. The van der Waals surface area contributed by atoms with E-state index in [0.29, 0.717) is 5.88 Å². The van der Waals surface area contributed by atoms with Crippen LogP contribution in [0, 0.1) is 0 Å². The molecule has 2 rings (SSSR count). The highest BCUT2D eigenvalue weighted by molar-refractivity contribution is 5.22. The van der Waals surface area contributed by atoms with Crippen molar-refractivity contribution in [3.63, 3.8) is 0 Å². The van der Waals surface area contributed by atoms with E-state index in [2.05, 4.69) is 22.2 Å². The Morgan fingerprint density at radius 3 is 3.00 bits per heavy atom. The summed E-state index contributed by atoms with van der Waals surface area (Å²) in [6.07, 6.45) is 6.76. The summed E-state index contributed by atoms with van der Waals surface area (Å²) in [7, 11) is 1.62. The summed E-state index contributed by atoms with van der Waals surface area (Å²) in [6, 6.07) is 0.0658. The Morgan fingerprint density at radius 2 is 2.33 bits per heavy atom. The first-order chi connectivity index (χ1) is 8.86. The van der Waals surface area contributed by atoms with Crippen LogP contribution in [0.25, 0.3) is 0 Å². The molecule has 1 fully saturated rings. The second-order valence-corrected chi connectivity index (χ2v) is 4.43. The monoisotopic (exact) mass is 251 g/mol. The average Bonchev–Trinajstić information content (AvgIpc) is 2.94. The van der Waals surface area contributed by atoms with Crippen LogP contribution in [0.1, 0.15) is 37.9 Å². The van der Waals surface area contributed by atoms with Crippen LogP contribution in [-0.2, 0) is 4.74 Å². The number of nitrogens with one attached hydrogen (secondary N) is 1. The van der Waals surface area contributed by atoms with Crippen molar-refractivity contribution in [3.05, 3.63) is 18.1 Å². The summed E-state index contributed by atoms with van der Waals surface area (Å²) in [5.41, 5.74) is 0.848. The molecule has 0 bridgehead atoms. The van der Waals surface area contributed by atoms with E-state index in [1.165, 1.54) is 0 Å². The first-order valence-electron chi connectivity index (χ1n) is 6.56. The maximum Gasteiger partial charge on any atom is 0.237 e. The Morgan fingerprint density at radius 1 is 1.50 bits per heavy atom. The zero-order chi connectivity index (χ0) is 12.8. The van der Waals surface area contributed by atoms with Crippen LogP contribution in [0.4, 0.5) is 0 Å². The van der Waals surface area contributed by atoms with E-state index < -0.39 is 0 Å². The van der Waals surface area contributed by atoms with Gasteiger partial charge >= 0.3 is 0 Å². The van der Waals surface area contributed by atoms with E-state index in [4.69, 9.17) is 9.47 Å². The lowest BCUT2D eigenvalue weighted by Crippen LogP contribution is -2.33. The van der Waals surface area contributed by atoms with Crippen LogP contribution in [0.2, 0.25) is 0 Å². The van der Waals surface area contributed by atoms with Crippen LogP contribution < -0.4 is 10.1 Å². The second-order valence-electron chi connectivity index (χ2n) is 4.43. The number of rotatable bonds is 6. The van der Waals surface area contributed by atoms with E-state index in [-0.39, 0.29) is 12.1 Å². The van der Waals surface area contributed by atoms with Gasteiger partial charge in [0.1, 0.15) is 5.69 Å². The van der Waals surface area contributed by atoms with Gasteiger partial charge in [0, 0.05) is 19.0 Å². The maximum absolute atomic E-state index is 5.78. The largest absolute Gasteiger partial charge is 0.480 e. The Balaban J connectivity index is 2.20. The Kier molecular flexibility index (Phi) is 4.90. The molecule has 1 saturated heterocycles. The van der Waals surface area contributed by atoms with E-state index in [9.17, 15) is 0 Å². The SMILES string of the molecule is CCCNC(c1nccnc1OC)C1CCCO1. The van der Waals surface area contributed by atoms with Gasteiger partial charge in [0.25, 0.3) is 0 Å². The van der Waals surface area contributed by atoms with E-state index in [1.807, 2.05) is 0 Å². The van der Waals surface area contributed by atoms with Crippen LogP contribution in [0.5, 0.6) is 5.88 Å². The van der Waals surface area contributed by atoms with Gasteiger partial charge in [-0.1, -0.05) is 6.92 Å². The fourth-order valence-electron chi connectivity index (χ4n) is 2.28. The summed E-state index contributed by atoms with van der Waals surface area (Å²) >= 11 is 0. The lowest BCUT2D eigenvalue weighted by Gasteiger charge is -2.24.